The van der Waals surface area contributed by atoms with Gasteiger partial charge in [-0.1, -0.05) is 26.0 Å². The number of nitrogens with two attached hydrogens (primary N) is 1. The Hall–Kier alpha value is -0.460. The first-order valence-electron chi connectivity index (χ1n) is 13.0. The molecule has 0 spiro atoms. The number of hydrogen-bond acceptors (Lipinski definition) is 5. The minimum atomic E-state index is -0.541. The molecule has 5 heteroatoms. The lowest BCUT2D eigenvalue weighted by atomic mass is 9.43. The van der Waals surface area contributed by atoms with Crippen molar-refractivity contribution < 1.29 is 15.1 Å². The minimum absolute atomic E-state index is 0.0238. The van der Waals surface area contributed by atoms with E-state index < -0.39 is 5.60 Å². The molecule has 0 unspecified atom stereocenters. The summed E-state index contributed by atoms with van der Waals surface area (Å²) in [7, 11) is 0. The third kappa shape index (κ3) is 4.14. The summed E-state index contributed by atoms with van der Waals surface area (Å²) >= 11 is 0. The number of allylic oxidation sites excluding steroid dienone is 1. The summed E-state index contributed by atoms with van der Waals surface area (Å²) < 4.78 is 0. The SMILES string of the molecule is C[C@]12CC[C@H](O)C[C@H]1CC[C@@H]1[C@@H]2CC[C@]2(C)[C@@H](/C=C/CNOCCCCN)CC[C@]12O. The van der Waals surface area contributed by atoms with Crippen molar-refractivity contribution >= 4 is 0 Å². The maximum absolute atomic E-state index is 12.2. The zero-order chi connectivity index (χ0) is 22.1. The lowest BCUT2D eigenvalue weighted by Gasteiger charge is -2.63. The molecule has 8 atom stereocenters. The second-order valence-electron chi connectivity index (χ2n) is 11.6. The Morgan fingerprint density at radius 3 is 2.68 bits per heavy atom. The van der Waals surface area contributed by atoms with E-state index in [4.69, 9.17) is 10.6 Å². The van der Waals surface area contributed by atoms with Gasteiger partial charge in [-0.3, -0.25) is 0 Å². The molecule has 4 rings (SSSR count). The molecule has 31 heavy (non-hydrogen) atoms. The number of fused-ring (bicyclic) bond motifs is 5. The highest BCUT2D eigenvalue weighted by Crippen LogP contribution is 2.69. The number of unbranched alkanes of at least 4 members (excludes halogenated alkanes) is 1. The van der Waals surface area contributed by atoms with E-state index in [1.165, 1.54) is 12.8 Å². The highest BCUT2D eigenvalue weighted by Gasteiger charge is 2.66. The molecule has 0 aromatic carbocycles. The number of rotatable bonds is 8. The summed E-state index contributed by atoms with van der Waals surface area (Å²) in [5.74, 6) is 2.11. The van der Waals surface area contributed by atoms with Crippen molar-refractivity contribution in [2.75, 3.05) is 19.7 Å². The molecule has 5 N–H and O–H groups in total. The number of aliphatic hydroxyl groups excluding tert-OH is 1. The van der Waals surface area contributed by atoms with Crippen LogP contribution < -0.4 is 11.2 Å². The first-order valence-corrected chi connectivity index (χ1v) is 13.0. The van der Waals surface area contributed by atoms with E-state index in [-0.39, 0.29) is 11.5 Å². The van der Waals surface area contributed by atoms with Crippen LogP contribution in [0.3, 0.4) is 0 Å². The fraction of sp³-hybridized carbons (Fsp3) is 0.923. The number of hydrogen-bond donors (Lipinski definition) is 4. The summed E-state index contributed by atoms with van der Waals surface area (Å²) in [5.41, 5.74) is 8.28. The Kier molecular flexibility index (Phi) is 7.20. The average molecular weight is 435 g/mol. The van der Waals surface area contributed by atoms with Crippen molar-refractivity contribution in [2.45, 2.75) is 96.2 Å². The normalized spacial score (nSPS) is 47.2. The smallest absolute Gasteiger partial charge is 0.0737 e. The summed E-state index contributed by atoms with van der Waals surface area (Å²) in [5, 5.41) is 22.4. The van der Waals surface area contributed by atoms with Gasteiger partial charge in [0.1, 0.15) is 0 Å². The van der Waals surface area contributed by atoms with Crippen LogP contribution in [0.2, 0.25) is 0 Å². The molecule has 0 radical (unpaired) electrons. The van der Waals surface area contributed by atoms with Crippen molar-refractivity contribution in [2.24, 2.45) is 40.2 Å². The molecule has 5 nitrogen and oxygen atoms in total. The van der Waals surface area contributed by atoms with Crippen LogP contribution in [-0.4, -0.2) is 41.6 Å². The van der Waals surface area contributed by atoms with Crippen LogP contribution in [0.15, 0.2) is 12.2 Å². The molecule has 0 amide bonds. The number of hydroxylamine groups is 1. The molecule has 0 bridgehead atoms. The predicted octanol–water partition coefficient (Wildman–Crippen LogP) is 3.94. The van der Waals surface area contributed by atoms with Gasteiger partial charge >= 0.3 is 0 Å². The van der Waals surface area contributed by atoms with E-state index in [0.717, 1.165) is 64.3 Å². The van der Waals surface area contributed by atoms with E-state index in [1.54, 1.807) is 0 Å². The van der Waals surface area contributed by atoms with Gasteiger partial charge in [-0.2, -0.15) is 5.48 Å². The van der Waals surface area contributed by atoms with Crippen molar-refractivity contribution in [3.8, 4) is 0 Å². The zero-order valence-electron chi connectivity index (χ0n) is 19.8. The Morgan fingerprint density at radius 2 is 1.87 bits per heavy atom. The second-order valence-corrected chi connectivity index (χ2v) is 11.6. The molecular weight excluding hydrogens is 388 g/mol. The molecule has 4 saturated carbocycles. The Labute approximate surface area is 189 Å². The molecule has 4 fully saturated rings. The number of aliphatic hydroxyl groups is 2. The maximum atomic E-state index is 12.2. The van der Waals surface area contributed by atoms with Crippen LogP contribution in [-0.2, 0) is 4.84 Å². The monoisotopic (exact) mass is 434 g/mol. The Morgan fingerprint density at radius 1 is 1.03 bits per heavy atom. The molecule has 0 aromatic heterocycles. The van der Waals surface area contributed by atoms with Crippen molar-refractivity contribution in [3.63, 3.8) is 0 Å². The van der Waals surface area contributed by atoms with Gasteiger partial charge in [-0.25, -0.2) is 0 Å². The van der Waals surface area contributed by atoms with E-state index >= 15 is 0 Å². The summed E-state index contributed by atoms with van der Waals surface area (Å²) in [6, 6.07) is 0. The van der Waals surface area contributed by atoms with Gasteiger partial charge in [0.25, 0.3) is 0 Å². The van der Waals surface area contributed by atoms with Crippen LogP contribution in [0.1, 0.15) is 84.5 Å². The summed E-state index contributed by atoms with van der Waals surface area (Å²) in [6.07, 6.45) is 16.2. The fourth-order valence-corrected chi connectivity index (χ4v) is 8.28. The third-order valence-corrected chi connectivity index (χ3v) is 10.3. The van der Waals surface area contributed by atoms with Crippen LogP contribution >= 0.6 is 0 Å². The third-order valence-electron chi connectivity index (χ3n) is 10.3. The Bertz CT molecular complexity index is 642. The van der Waals surface area contributed by atoms with E-state index in [0.29, 0.717) is 42.2 Å². The van der Waals surface area contributed by atoms with Crippen LogP contribution in [0.25, 0.3) is 0 Å². The van der Waals surface area contributed by atoms with Gasteiger partial charge in [0.2, 0.25) is 0 Å². The number of nitrogens with one attached hydrogen (secondary N) is 1. The fourth-order valence-electron chi connectivity index (χ4n) is 8.28. The molecule has 0 aromatic rings. The van der Waals surface area contributed by atoms with Crippen LogP contribution in [0, 0.1) is 34.5 Å². The maximum Gasteiger partial charge on any atom is 0.0737 e. The first-order chi connectivity index (χ1) is 14.8. The van der Waals surface area contributed by atoms with Gasteiger partial charge in [-0.05, 0) is 106 Å². The van der Waals surface area contributed by atoms with Crippen LogP contribution in [0.5, 0.6) is 0 Å². The quantitative estimate of drug-likeness (QED) is 0.264. The van der Waals surface area contributed by atoms with Gasteiger partial charge < -0.3 is 20.8 Å². The molecule has 178 valence electrons. The molecular formula is C26H46N2O3. The summed E-state index contributed by atoms with van der Waals surface area (Å²) in [6.45, 7) is 6.97. The molecule has 4 aliphatic carbocycles. The molecule has 0 aliphatic heterocycles. The van der Waals surface area contributed by atoms with E-state index in [9.17, 15) is 10.2 Å². The zero-order valence-corrected chi connectivity index (χ0v) is 19.8. The first kappa shape index (κ1) is 23.7. The minimum Gasteiger partial charge on any atom is -0.393 e. The van der Waals surface area contributed by atoms with E-state index in [1.807, 2.05) is 0 Å². The van der Waals surface area contributed by atoms with Gasteiger partial charge in [0, 0.05) is 12.0 Å². The van der Waals surface area contributed by atoms with Crippen molar-refractivity contribution in [1.82, 2.24) is 5.48 Å². The highest BCUT2D eigenvalue weighted by molar-refractivity contribution is 5.19. The average Bonchev–Trinajstić information content (AvgIpc) is 3.01. The Balaban J connectivity index is 1.38. The lowest BCUT2D eigenvalue weighted by Crippen LogP contribution is -2.62. The summed E-state index contributed by atoms with van der Waals surface area (Å²) in [4.78, 5) is 5.47. The van der Waals surface area contributed by atoms with Crippen molar-refractivity contribution in [1.29, 1.82) is 0 Å². The van der Waals surface area contributed by atoms with Gasteiger partial charge in [-0.15, -0.1) is 0 Å². The van der Waals surface area contributed by atoms with Gasteiger partial charge in [0.15, 0.2) is 0 Å². The largest absolute Gasteiger partial charge is 0.393 e. The molecule has 4 aliphatic rings. The van der Waals surface area contributed by atoms with Gasteiger partial charge in [0.05, 0.1) is 18.3 Å². The van der Waals surface area contributed by atoms with Crippen molar-refractivity contribution in [3.05, 3.63) is 12.2 Å². The highest BCUT2D eigenvalue weighted by atomic mass is 16.6. The topological polar surface area (TPSA) is 87.7 Å². The lowest BCUT2D eigenvalue weighted by molar-refractivity contribution is -0.207. The molecule has 0 heterocycles. The molecule has 0 saturated heterocycles. The predicted molar refractivity (Wildman–Crippen MR) is 124 cm³/mol. The standard InChI is InChI=1S/C26H46N2O3/c1-24-12-10-21(29)18-20(24)7-8-23-22(24)11-13-25(2)19(9-14-26(23,25)30)6-5-16-28-31-17-4-3-15-27/h5-6,19-23,28-30H,3-4,7-18,27H2,1-2H3/b6-5+/t19-,20+,21-,22-,23+,24-,25+,26-/m0/s1. The van der Waals surface area contributed by atoms with E-state index in [2.05, 4.69) is 31.5 Å². The second kappa shape index (κ2) is 9.42. The van der Waals surface area contributed by atoms with Crippen LogP contribution in [0.4, 0.5) is 0 Å².